The molecule has 0 aliphatic carbocycles. The van der Waals surface area contributed by atoms with Crippen molar-refractivity contribution >= 4 is 40.2 Å². The number of hydrogen-bond acceptors (Lipinski definition) is 2. The molecule has 0 unspecified atom stereocenters. The largest absolute Gasteiger partial charge is 0.462 e. The quantitative estimate of drug-likeness (QED) is 0.620. The number of esters is 1. The lowest BCUT2D eigenvalue weighted by Gasteiger charge is -2.03. The summed E-state index contributed by atoms with van der Waals surface area (Å²) in [6.45, 7) is 2.13. The van der Waals surface area contributed by atoms with Gasteiger partial charge in [-0.1, -0.05) is 11.6 Å². The summed E-state index contributed by atoms with van der Waals surface area (Å²) in [6.07, 6.45) is 0. The predicted octanol–water partition coefficient (Wildman–Crippen LogP) is 3.12. The Balaban J connectivity index is 2.99. The summed E-state index contributed by atoms with van der Waals surface area (Å²) < 4.78 is 5.80. The summed E-state index contributed by atoms with van der Waals surface area (Å²) in [7, 11) is 0. The molecule has 1 aromatic rings. The Morgan fingerprint density at radius 2 is 2.31 bits per heavy atom. The molecule has 0 bridgehead atoms. The van der Waals surface area contributed by atoms with Crippen LogP contribution in [-0.2, 0) is 4.74 Å². The van der Waals surface area contributed by atoms with E-state index < -0.39 is 0 Å². The Labute approximate surface area is 95.4 Å². The molecule has 0 aromatic heterocycles. The Hall–Kier alpha value is -0.290. The second-order valence-corrected chi connectivity index (χ2v) is 4.00. The monoisotopic (exact) mass is 310 g/mol. The van der Waals surface area contributed by atoms with E-state index in [0.29, 0.717) is 17.2 Å². The fraction of sp³-hybridized carbons (Fsp3) is 0.222. The summed E-state index contributed by atoms with van der Waals surface area (Å²) in [5.41, 5.74) is 0.426. The van der Waals surface area contributed by atoms with Crippen LogP contribution in [0.5, 0.6) is 0 Å². The molecular weight excluding hydrogens is 302 g/mol. The number of benzene rings is 1. The number of halogens is 2. The second kappa shape index (κ2) is 4.81. The van der Waals surface area contributed by atoms with Gasteiger partial charge in [0.15, 0.2) is 0 Å². The van der Waals surface area contributed by atoms with E-state index in [9.17, 15) is 4.79 Å². The predicted molar refractivity (Wildman–Crippen MR) is 60.1 cm³/mol. The highest BCUT2D eigenvalue weighted by atomic mass is 127. The fourth-order valence-electron chi connectivity index (χ4n) is 0.863. The van der Waals surface area contributed by atoms with E-state index in [-0.39, 0.29) is 5.97 Å². The van der Waals surface area contributed by atoms with Crippen LogP contribution in [0.1, 0.15) is 17.3 Å². The third kappa shape index (κ3) is 2.84. The van der Waals surface area contributed by atoms with Gasteiger partial charge in [0.2, 0.25) is 0 Å². The molecule has 2 nitrogen and oxygen atoms in total. The molecule has 0 fully saturated rings. The second-order valence-electron chi connectivity index (χ2n) is 2.34. The van der Waals surface area contributed by atoms with Crippen LogP contribution in [0.4, 0.5) is 0 Å². The van der Waals surface area contributed by atoms with Gasteiger partial charge in [0.05, 0.1) is 17.2 Å². The average Bonchev–Trinajstić information content (AvgIpc) is 2.09. The topological polar surface area (TPSA) is 26.3 Å². The van der Waals surface area contributed by atoms with E-state index in [1.165, 1.54) is 0 Å². The van der Waals surface area contributed by atoms with Crippen molar-refractivity contribution in [2.75, 3.05) is 6.61 Å². The minimum absolute atomic E-state index is 0.362. The maximum Gasteiger partial charge on any atom is 0.339 e. The zero-order valence-electron chi connectivity index (χ0n) is 7.01. The van der Waals surface area contributed by atoms with Crippen LogP contribution >= 0.6 is 34.2 Å². The van der Waals surface area contributed by atoms with Crippen molar-refractivity contribution in [3.63, 3.8) is 0 Å². The van der Waals surface area contributed by atoms with E-state index >= 15 is 0 Å². The first-order chi connectivity index (χ1) is 6.15. The number of carbonyl (C=O) groups is 1. The summed E-state index contributed by atoms with van der Waals surface area (Å²) in [4.78, 5) is 11.3. The molecule has 4 heteroatoms. The summed E-state index contributed by atoms with van der Waals surface area (Å²) >= 11 is 7.94. The van der Waals surface area contributed by atoms with Crippen molar-refractivity contribution in [3.05, 3.63) is 32.4 Å². The third-order valence-electron chi connectivity index (χ3n) is 1.42. The molecule has 0 radical (unpaired) electrons. The summed E-state index contributed by atoms with van der Waals surface area (Å²) in [5, 5.41) is 0.430. The smallest absolute Gasteiger partial charge is 0.339 e. The van der Waals surface area contributed by atoms with Gasteiger partial charge in [-0.05, 0) is 47.7 Å². The molecule has 0 aliphatic rings. The van der Waals surface area contributed by atoms with Crippen molar-refractivity contribution in [3.8, 4) is 0 Å². The zero-order chi connectivity index (χ0) is 9.84. The van der Waals surface area contributed by atoms with E-state index in [1.54, 1.807) is 19.1 Å². The first kappa shape index (κ1) is 10.8. The van der Waals surface area contributed by atoms with E-state index in [2.05, 4.69) is 22.6 Å². The van der Waals surface area contributed by atoms with Gasteiger partial charge in [-0.2, -0.15) is 0 Å². The maximum absolute atomic E-state index is 11.3. The number of rotatable bonds is 2. The summed E-state index contributed by atoms with van der Waals surface area (Å²) in [6, 6.07) is 5.24. The van der Waals surface area contributed by atoms with Gasteiger partial charge in [0, 0.05) is 3.57 Å². The van der Waals surface area contributed by atoms with Gasteiger partial charge in [0.25, 0.3) is 0 Å². The van der Waals surface area contributed by atoms with Gasteiger partial charge < -0.3 is 4.74 Å². The van der Waals surface area contributed by atoms with Gasteiger partial charge in [0.1, 0.15) is 0 Å². The molecule has 0 N–H and O–H groups in total. The van der Waals surface area contributed by atoms with Gasteiger partial charge in [-0.15, -0.1) is 0 Å². The van der Waals surface area contributed by atoms with Crippen molar-refractivity contribution in [1.29, 1.82) is 0 Å². The van der Waals surface area contributed by atoms with E-state index in [4.69, 9.17) is 16.3 Å². The van der Waals surface area contributed by atoms with Crippen molar-refractivity contribution in [2.45, 2.75) is 6.92 Å². The van der Waals surface area contributed by atoms with Crippen molar-refractivity contribution in [2.24, 2.45) is 0 Å². The average molecular weight is 311 g/mol. The Kier molecular flexibility index (Phi) is 3.99. The van der Waals surface area contributed by atoms with Crippen LogP contribution in [0.3, 0.4) is 0 Å². The normalized spacial score (nSPS) is 9.77. The third-order valence-corrected chi connectivity index (χ3v) is 2.42. The molecule has 70 valence electrons. The van der Waals surface area contributed by atoms with Crippen LogP contribution in [0.25, 0.3) is 0 Å². The van der Waals surface area contributed by atoms with E-state index in [0.717, 1.165) is 3.57 Å². The van der Waals surface area contributed by atoms with Gasteiger partial charge in [-0.25, -0.2) is 4.79 Å². The molecular formula is C9H8ClIO2. The zero-order valence-corrected chi connectivity index (χ0v) is 9.93. The molecule has 0 aliphatic heterocycles. The van der Waals surface area contributed by atoms with Crippen LogP contribution < -0.4 is 0 Å². The highest BCUT2D eigenvalue weighted by Crippen LogP contribution is 2.19. The maximum atomic E-state index is 11.3. The van der Waals surface area contributed by atoms with Crippen LogP contribution in [-0.4, -0.2) is 12.6 Å². The molecule has 1 rings (SSSR count). The Bertz CT molecular complexity index is 325. The lowest BCUT2D eigenvalue weighted by atomic mass is 10.2. The molecule has 0 amide bonds. The minimum atomic E-state index is -0.369. The van der Waals surface area contributed by atoms with Crippen molar-refractivity contribution < 1.29 is 9.53 Å². The lowest BCUT2D eigenvalue weighted by Crippen LogP contribution is -2.05. The first-order valence-corrected chi connectivity index (χ1v) is 5.23. The highest BCUT2D eigenvalue weighted by molar-refractivity contribution is 14.1. The van der Waals surface area contributed by atoms with E-state index in [1.807, 2.05) is 6.07 Å². The number of carbonyl (C=O) groups excluding carboxylic acids is 1. The number of ether oxygens (including phenoxy) is 1. The highest BCUT2D eigenvalue weighted by Gasteiger charge is 2.10. The summed E-state index contributed by atoms with van der Waals surface area (Å²) in [5.74, 6) is -0.369. The Morgan fingerprint density at radius 3 is 2.92 bits per heavy atom. The van der Waals surface area contributed by atoms with Crippen LogP contribution in [0.2, 0.25) is 5.02 Å². The fourth-order valence-corrected chi connectivity index (χ4v) is 1.55. The molecule has 0 saturated carbocycles. The lowest BCUT2D eigenvalue weighted by molar-refractivity contribution is 0.0526. The molecule has 0 heterocycles. The molecule has 0 spiro atoms. The standard InChI is InChI=1S/C9H8ClIO2/c1-2-13-9(12)7-5-6(11)3-4-8(7)10/h3-5H,2H2,1H3. The molecule has 13 heavy (non-hydrogen) atoms. The van der Waals surface area contributed by atoms with Crippen molar-refractivity contribution in [1.82, 2.24) is 0 Å². The van der Waals surface area contributed by atoms with Gasteiger partial charge >= 0.3 is 5.97 Å². The van der Waals surface area contributed by atoms with Crippen LogP contribution in [0, 0.1) is 3.57 Å². The minimum Gasteiger partial charge on any atom is -0.462 e. The molecule has 0 saturated heterocycles. The molecule has 1 aromatic carbocycles. The van der Waals surface area contributed by atoms with Gasteiger partial charge in [-0.3, -0.25) is 0 Å². The van der Waals surface area contributed by atoms with Crippen LogP contribution in [0.15, 0.2) is 18.2 Å². The molecule has 0 atom stereocenters. The first-order valence-electron chi connectivity index (χ1n) is 3.77. The number of hydrogen-bond donors (Lipinski definition) is 0. The SMILES string of the molecule is CCOC(=O)c1cc(I)ccc1Cl. The Morgan fingerprint density at radius 1 is 1.62 bits per heavy atom.